The van der Waals surface area contributed by atoms with Gasteiger partial charge in [-0.3, -0.25) is 4.79 Å². The van der Waals surface area contributed by atoms with Crippen molar-refractivity contribution in [2.75, 3.05) is 6.54 Å². The number of hydrogen-bond acceptors (Lipinski definition) is 2. The quantitative estimate of drug-likeness (QED) is 0.364. The lowest BCUT2D eigenvalue weighted by atomic mass is 10.0. The number of hydrogen-bond donors (Lipinski definition) is 0. The largest absolute Gasteiger partial charge is 0.331 e. The van der Waals surface area contributed by atoms with Crippen LogP contribution in [0.5, 0.6) is 0 Å². The third-order valence-electron chi connectivity index (χ3n) is 5.88. The van der Waals surface area contributed by atoms with E-state index in [4.69, 9.17) is 4.98 Å². The van der Waals surface area contributed by atoms with Gasteiger partial charge in [-0.2, -0.15) is 0 Å². The molecular formula is C28H31N3O. The molecule has 0 bridgehead atoms. The van der Waals surface area contributed by atoms with E-state index in [-0.39, 0.29) is 5.91 Å². The first-order valence-electron chi connectivity index (χ1n) is 11.3. The second-order valence-electron chi connectivity index (χ2n) is 8.97. The number of carbonyl (C=O) groups excluding carboxylic acids is 1. The molecule has 0 radical (unpaired) electrons. The molecule has 4 heteroatoms. The van der Waals surface area contributed by atoms with Gasteiger partial charge >= 0.3 is 0 Å². The number of aromatic nitrogens is 2. The maximum absolute atomic E-state index is 13.5. The van der Waals surface area contributed by atoms with Crippen molar-refractivity contribution in [3.05, 3.63) is 101 Å². The lowest BCUT2D eigenvalue weighted by Crippen LogP contribution is -2.35. The highest BCUT2D eigenvalue weighted by atomic mass is 16.2. The molecule has 4 aromatic rings. The summed E-state index contributed by atoms with van der Waals surface area (Å²) < 4.78 is 2.24. The van der Waals surface area contributed by atoms with E-state index in [1.807, 2.05) is 47.4 Å². The molecule has 0 aliphatic rings. The average Bonchev–Trinajstić information content (AvgIpc) is 3.12. The van der Waals surface area contributed by atoms with E-state index >= 15 is 0 Å². The molecular weight excluding hydrogens is 394 g/mol. The van der Waals surface area contributed by atoms with Gasteiger partial charge in [0, 0.05) is 18.7 Å². The molecule has 3 aromatic carbocycles. The lowest BCUT2D eigenvalue weighted by molar-refractivity contribution is 0.0716. The molecule has 1 heterocycles. The molecule has 4 nitrogen and oxygen atoms in total. The van der Waals surface area contributed by atoms with Gasteiger partial charge < -0.3 is 9.47 Å². The van der Waals surface area contributed by atoms with Gasteiger partial charge in [-0.1, -0.05) is 62.4 Å². The van der Waals surface area contributed by atoms with E-state index in [2.05, 4.69) is 62.6 Å². The molecule has 0 unspecified atom stereocenters. The van der Waals surface area contributed by atoms with Crippen LogP contribution in [0, 0.1) is 19.8 Å². The molecule has 1 amide bonds. The monoisotopic (exact) mass is 425 g/mol. The van der Waals surface area contributed by atoms with Crippen molar-refractivity contribution in [3.63, 3.8) is 0 Å². The molecule has 32 heavy (non-hydrogen) atoms. The molecule has 0 saturated heterocycles. The molecule has 164 valence electrons. The van der Waals surface area contributed by atoms with E-state index in [9.17, 15) is 4.79 Å². The van der Waals surface area contributed by atoms with Gasteiger partial charge in [0.25, 0.3) is 5.91 Å². The minimum atomic E-state index is 0.0557. The number of nitrogens with zero attached hydrogens (tertiary/aromatic N) is 3. The first-order valence-corrected chi connectivity index (χ1v) is 11.3. The van der Waals surface area contributed by atoms with Crippen LogP contribution in [0.1, 0.15) is 46.7 Å². The molecule has 0 N–H and O–H groups in total. The van der Waals surface area contributed by atoms with Crippen molar-refractivity contribution in [1.29, 1.82) is 0 Å². The predicted octanol–water partition coefficient (Wildman–Crippen LogP) is 6.00. The summed E-state index contributed by atoms with van der Waals surface area (Å²) in [6.45, 7) is 10.3. The van der Waals surface area contributed by atoms with Crippen molar-refractivity contribution >= 4 is 16.9 Å². The molecule has 0 saturated carbocycles. The fourth-order valence-electron chi connectivity index (χ4n) is 4.08. The van der Waals surface area contributed by atoms with Crippen LogP contribution in [0.4, 0.5) is 0 Å². The van der Waals surface area contributed by atoms with Crippen LogP contribution in [0.2, 0.25) is 0 Å². The van der Waals surface area contributed by atoms with Crippen LogP contribution < -0.4 is 0 Å². The second kappa shape index (κ2) is 9.39. The SMILES string of the molecule is Cc1ccc(C(=O)N(Cc2nc3ccccc3n2Cc2ccccc2)CC(C)C)cc1C. The zero-order valence-corrected chi connectivity index (χ0v) is 19.4. The molecule has 0 aliphatic heterocycles. The van der Waals surface area contributed by atoms with Gasteiger partial charge in [0.05, 0.1) is 17.6 Å². The third-order valence-corrected chi connectivity index (χ3v) is 5.88. The van der Waals surface area contributed by atoms with Crippen LogP contribution in [0.25, 0.3) is 11.0 Å². The van der Waals surface area contributed by atoms with Gasteiger partial charge in [0.15, 0.2) is 0 Å². The number of imidazole rings is 1. The van der Waals surface area contributed by atoms with Crippen LogP contribution in [0.3, 0.4) is 0 Å². The number of aryl methyl sites for hydroxylation is 2. The van der Waals surface area contributed by atoms with Crippen LogP contribution in [-0.4, -0.2) is 26.9 Å². The zero-order chi connectivity index (χ0) is 22.7. The van der Waals surface area contributed by atoms with Crippen molar-refractivity contribution in [2.24, 2.45) is 5.92 Å². The number of amides is 1. The molecule has 0 spiro atoms. The Morgan fingerprint density at radius 2 is 1.66 bits per heavy atom. The minimum absolute atomic E-state index is 0.0557. The zero-order valence-electron chi connectivity index (χ0n) is 19.4. The summed E-state index contributed by atoms with van der Waals surface area (Å²) >= 11 is 0. The highest BCUT2D eigenvalue weighted by Gasteiger charge is 2.21. The molecule has 0 fully saturated rings. The minimum Gasteiger partial charge on any atom is -0.331 e. The molecule has 4 rings (SSSR count). The Kier molecular flexibility index (Phi) is 6.40. The first kappa shape index (κ1) is 21.8. The third kappa shape index (κ3) is 4.75. The van der Waals surface area contributed by atoms with Crippen molar-refractivity contribution in [1.82, 2.24) is 14.5 Å². The van der Waals surface area contributed by atoms with Crippen molar-refractivity contribution < 1.29 is 4.79 Å². The number of carbonyl (C=O) groups is 1. The Bertz CT molecular complexity index is 1220. The Labute approximate surface area is 190 Å². The number of para-hydroxylation sites is 2. The molecule has 1 aromatic heterocycles. The van der Waals surface area contributed by atoms with E-state index in [0.29, 0.717) is 19.0 Å². The number of rotatable bonds is 7. The Hall–Kier alpha value is -3.40. The van der Waals surface area contributed by atoms with Crippen molar-refractivity contribution in [3.8, 4) is 0 Å². The second-order valence-corrected chi connectivity index (χ2v) is 8.97. The normalized spacial score (nSPS) is 11.3. The summed E-state index contributed by atoms with van der Waals surface area (Å²) in [6, 6.07) is 24.6. The molecule has 0 aliphatic carbocycles. The average molecular weight is 426 g/mol. The summed E-state index contributed by atoms with van der Waals surface area (Å²) in [6.07, 6.45) is 0. The van der Waals surface area contributed by atoms with Crippen LogP contribution >= 0.6 is 0 Å². The number of benzene rings is 3. The van der Waals surface area contributed by atoms with Crippen LogP contribution in [0.15, 0.2) is 72.8 Å². The van der Waals surface area contributed by atoms with E-state index in [1.54, 1.807) is 0 Å². The van der Waals surface area contributed by atoms with Gasteiger partial charge in [-0.25, -0.2) is 4.98 Å². The summed E-state index contributed by atoms with van der Waals surface area (Å²) in [5.74, 6) is 1.32. The summed E-state index contributed by atoms with van der Waals surface area (Å²) in [5, 5.41) is 0. The lowest BCUT2D eigenvalue weighted by Gasteiger charge is -2.25. The summed E-state index contributed by atoms with van der Waals surface area (Å²) in [4.78, 5) is 20.4. The topological polar surface area (TPSA) is 38.1 Å². The Balaban J connectivity index is 1.71. The number of fused-ring (bicyclic) bond motifs is 1. The van der Waals surface area contributed by atoms with Gasteiger partial charge in [0.2, 0.25) is 0 Å². The molecule has 0 atom stereocenters. The smallest absolute Gasteiger partial charge is 0.254 e. The standard InChI is InChI=1S/C28H31N3O/c1-20(2)17-30(28(32)24-15-14-21(3)22(4)16-24)19-27-29-25-12-8-9-13-26(25)31(27)18-23-10-6-5-7-11-23/h5-16,20H,17-19H2,1-4H3. The van der Waals surface area contributed by atoms with Crippen molar-refractivity contribution in [2.45, 2.75) is 40.8 Å². The maximum atomic E-state index is 13.5. The van der Waals surface area contributed by atoms with E-state index in [1.165, 1.54) is 11.1 Å². The first-order chi connectivity index (χ1) is 15.4. The highest BCUT2D eigenvalue weighted by Crippen LogP contribution is 2.21. The van der Waals surface area contributed by atoms with Gasteiger partial charge in [-0.15, -0.1) is 0 Å². The highest BCUT2D eigenvalue weighted by molar-refractivity contribution is 5.94. The fraction of sp³-hybridized carbons (Fsp3) is 0.286. The van der Waals surface area contributed by atoms with Crippen LogP contribution in [-0.2, 0) is 13.1 Å². The maximum Gasteiger partial charge on any atom is 0.254 e. The van der Waals surface area contributed by atoms with Gasteiger partial charge in [0.1, 0.15) is 5.82 Å². The Morgan fingerprint density at radius 1 is 0.938 bits per heavy atom. The van der Waals surface area contributed by atoms with E-state index in [0.717, 1.165) is 34.5 Å². The summed E-state index contributed by atoms with van der Waals surface area (Å²) in [5.41, 5.74) is 6.33. The van der Waals surface area contributed by atoms with E-state index < -0.39 is 0 Å². The summed E-state index contributed by atoms with van der Waals surface area (Å²) in [7, 11) is 0. The Morgan fingerprint density at radius 3 is 2.38 bits per heavy atom. The predicted molar refractivity (Wildman–Crippen MR) is 131 cm³/mol. The fourth-order valence-corrected chi connectivity index (χ4v) is 4.08. The van der Waals surface area contributed by atoms with Gasteiger partial charge in [-0.05, 0) is 60.7 Å².